The Morgan fingerprint density at radius 1 is 1.48 bits per heavy atom. The molecule has 2 amide bonds. The summed E-state index contributed by atoms with van der Waals surface area (Å²) in [5, 5.41) is 14.2. The van der Waals surface area contributed by atoms with Crippen molar-refractivity contribution in [2.75, 3.05) is 11.9 Å². The number of rotatable bonds is 1. The molecule has 23 heavy (non-hydrogen) atoms. The highest BCUT2D eigenvalue weighted by atomic mass is 16.6. The number of benzene rings is 1. The van der Waals surface area contributed by atoms with Crippen LogP contribution in [0, 0.1) is 18.3 Å². The van der Waals surface area contributed by atoms with E-state index in [4.69, 9.17) is 14.7 Å². The van der Waals surface area contributed by atoms with E-state index in [1.165, 1.54) is 0 Å². The molecule has 0 spiro atoms. The second kappa shape index (κ2) is 6.16. The van der Waals surface area contributed by atoms with Gasteiger partial charge in [-0.2, -0.15) is 5.26 Å². The highest BCUT2D eigenvalue weighted by Crippen LogP contribution is 2.30. The van der Waals surface area contributed by atoms with E-state index in [0.717, 1.165) is 5.56 Å². The van der Waals surface area contributed by atoms with Gasteiger partial charge in [0.1, 0.15) is 24.0 Å². The van der Waals surface area contributed by atoms with Gasteiger partial charge < -0.3 is 20.1 Å². The van der Waals surface area contributed by atoms with E-state index in [1.807, 2.05) is 0 Å². The van der Waals surface area contributed by atoms with Crippen LogP contribution in [0.2, 0.25) is 0 Å². The van der Waals surface area contributed by atoms with Crippen molar-refractivity contribution in [3.63, 3.8) is 0 Å². The smallest absolute Gasteiger partial charge is 0.408 e. The molecular formula is C16H19N3O4. The number of hydrogen-bond donors (Lipinski definition) is 2. The summed E-state index contributed by atoms with van der Waals surface area (Å²) in [6, 6.07) is 4.41. The summed E-state index contributed by atoms with van der Waals surface area (Å²) in [5.74, 6) is 0.0330. The first kappa shape index (κ1) is 16.6. The largest absolute Gasteiger partial charge is 0.489 e. The summed E-state index contributed by atoms with van der Waals surface area (Å²) in [7, 11) is 0. The van der Waals surface area contributed by atoms with Gasteiger partial charge in [0.15, 0.2) is 0 Å². The lowest BCUT2D eigenvalue weighted by atomic mass is 10.1. The maximum absolute atomic E-state index is 12.2. The van der Waals surface area contributed by atoms with Crippen LogP contribution in [0.15, 0.2) is 12.1 Å². The van der Waals surface area contributed by atoms with Crippen molar-refractivity contribution in [2.24, 2.45) is 0 Å². The molecule has 0 radical (unpaired) electrons. The fourth-order valence-electron chi connectivity index (χ4n) is 2.04. The van der Waals surface area contributed by atoms with Gasteiger partial charge in [0.2, 0.25) is 0 Å². The predicted molar refractivity (Wildman–Crippen MR) is 83.2 cm³/mol. The maximum atomic E-state index is 12.2. The minimum absolute atomic E-state index is 0.0244. The zero-order valence-electron chi connectivity index (χ0n) is 13.5. The van der Waals surface area contributed by atoms with E-state index in [1.54, 1.807) is 39.8 Å². The molecule has 2 N–H and O–H groups in total. The van der Waals surface area contributed by atoms with Crippen molar-refractivity contribution in [1.82, 2.24) is 5.32 Å². The van der Waals surface area contributed by atoms with Gasteiger partial charge in [-0.15, -0.1) is 0 Å². The van der Waals surface area contributed by atoms with Gasteiger partial charge in [-0.05, 0) is 45.4 Å². The number of carbonyl (C=O) groups is 2. The first-order chi connectivity index (χ1) is 10.7. The van der Waals surface area contributed by atoms with E-state index in [0.29, 0.717) is 17.0 Å². The number of carbonyl (C=O) groups excluding carboxylic acids is 2. The molecule has 7 heteroatoms. The van der Waals surface area contributed by atoms with Crippen LogP contribution in [-0.2, 0) is 9.53 Å². The fraction of sp³-hybridized carbons (Fsp3) is 0.438. The standard InChI is InChI=1S/C16H19N3O4/c1-9-5-13-11(6-10(9)7-17)18-14(20)12(8-22-13)19-15(21)23-16(2,3)4/h5-6,12H,8H2,1-4H3,(H,18,20)(H,19,21)/t12-/m0/s1. The van der Waals surface area contributed by atoms with E-state index in [-0.39, 0.29) is 6.61 Å². The molecule has 1 aromatic carbocycles. The number of nitrogens with zero attached hydrogens (tertiary/aromatic N) is 1. The Morgan fingerprint density at radius 3 is 2.78 bits per heavy atom. The van der Waals surface area contributed by atoms with Gasteiger partial charge >= 0.3 is 6.09 Å². The van der Waals surface area contributed by atoms with Crippen LogP contribution in [-0.4, -0.2) is 30.3 Å². The third-order valence-electron chi connectivity index (χ3n) is 3.12. The van der Waals surface area contributed by atoms with Gasteiger partial charge in [-0.1, -0.05) is 0 Å². The minimum Gasteiger partial charge on any atom is -0.489 e. The van der Waals surface area contributed by atoms with Gasteiger partial charge in [0.05, 0.1) is 17.3 Å². The van der Waals surface area contributed by atoms with Crippen LogP contribution in [0.3, 0.4) is 0 Å². The summed E-state index contributed by atoms with van der Waals surface area (Å²) >= 11 is 0. The summed E-state index contributed by atoms with van der Waals surface area (Å²) in [5.41, 5.74) is 0.948. The monoisotopic (exact) mass is 317 g/mol. The highest BCUT2D eigenvalue weighted by Gasteiger charge is 2.28. The molecule has 1 heterocycles. The molecule has 0 aliphatic carbocycles. The molecule has 2 rings (SSSR count). The lowest BCUT2D eigenvalue weighted by Gasteiger charge is -2.22. The van der Waals surface area contributed by atoms with Crippen LogP contribution in [0.25, 0.3) is 0 Å². The van der Waals surface area contributed by atoms with E-state index < -0.39 is 23.6 Å². The molecule has 122 valence electrons. The number of ether oxygens (including phenoxy) is 2. The van der Waals surface area contributed by atoms with Gasteiger partial charge in [0, 0.05) is 0 Å². The average Bonchev–Trinajstić information content (AvgIpc) is 2.56. The van der Waals surface area contributed by atoms with Gasteiger partial charge in [0.25, 0.3) is 5.91 Å². The van der Waals surface area contributed by atoms with E-state index in [9.17, 15) is 9.59 Å². The van der Waals surface area contributed by atoms with Gasteiger partial charge in [-0.3, -0.25) is 4.79 Å². The number of hydrogen-bond acceptors (Lipinski definition) is 5. The Balaban J connectivity index is 2.14. The molecule has 0 saturated heterocycles. The number of anilines is 1. The van der Waals surface area contributed by atoms with Crippen LogP contribution >= 0.6 is 0 Å². The Bertz CT molecular complexity index is 686. The Hall–Kier alpha value is -2.75. The molecule has 0 unspecified atom stereocenters. The van der Waals surface area contributed by atoms with Crippen LogP contribution in [0.1, 0.15) is 31.9 Å². The Morgan fingerprint density at radius 2 is 2.17 bits per heavy atom. The molecular weight excluding hydrogens is 298 g/mol. The average molecular weight is 317 g/mol. The topological polar surface area (TPSA) is 100 Å². The molecule has 7 nitrogen and oxygen atoms in total. The van der Waals surface area contributed by atoms with E-state index in [2.05, 4.69) is 16.7 Å². The van der Waals surface area contributed by atoms with Crippen molar-refractivity contribution in [3.05, 3.63) is 23.3 Å². The van der Waals surface area contributed by atoms with Crippen molar-refractivity contribution in [2.45, 2.75) is 39.3 Å². The minimum atomic E-state index is -0.886. The summed E-state index contributed by atoms with van der Waals surface area (Å²) in [6.45, 7) is 6.96. The van der Waals surface area contributed by atoms with Crippen LogP contribution in [0.5, 0.6) is 5.75 Å². The number of nitriles is 1. The Labute approximate surface area is 134 Å². The summed E-state index contributed by atoms with van der Waals surface area (Å²) in [4.78, 5) is 24.0. The van der Waals surface area contributed by atoms with Crippen molar-refractivity contribution in [3.8, 4) is 11.8 Å². The third-order valence-corrected chi connectivity index (χ3v) is 3.12. The van der Waals surface area contributed by atoms with Crippen molar-refractivity contribution >= 4 is 17.7 Å². The lowest BCUT2D eigenvalue weighted by molar-refractivity contribution is -0.118. The maximum Gasteiger partial charge on any atom is 0.408 e. The number of alkyl carbamates (subject to hydrolysis) is 1. The quantitative estimate of drug-likeness (QED) is 0.826. The number of amides is 2. The molecule has 0 fully saturated rings. The van der Waals surface area contributed by atoms with Crippen molar-refractivity contribution in [1.29, 1.82) is 5.26 Å². The first-order valence-corrected chi connectivity index (χ1v) is 7.17. The first-order valence-electron chi connectivity index (χ1n) is 7.17. The second-order valence-corrected chi connectivity index (χ2v) is 6.27. The third kappa shape index (κ3) is 4.13. The van der Waals surface area contributed by atoms with Crippen molar-refractivity contribution < 1.29 is 19.1 Å². The second-order valence-electron chi connectivity index (χ2n) is 6.27. The molecule has 1 aliphatic rings. The molecule has 1 atom stereocenters. The normalized spacial score (nSPS) is 17.0. The van der Waals surface area contributed by atoms with Crippen LogP contribution < -0.4 is 15.4 Å². The number of nitrogens with one attached hydrogen (secondary N) is 2. The SMILES string of the molecule is Cc1cc2c(cc1C#N)NC(=O)[C@@H](NC(=O)OC(C)(C)C)CO2. The van der Waals surface area contributed by atoms with Gasteiger partial charge in [-0.25, -0.2) is 4.79 Å². The number of fused-ring (bicyclic) bond motifs is 1. The fourth-order valence-corrected chi connectivity index (χ4v) is 2.04. The predicted octanol–water partition coefficient (Wildman–Crippen LogP) is 2.09. The molecule has 0 bridgehead atoms. The molecule has 1 aliphatic heterocycles. The summed E-state index contributed by atoms with van der Waals surface area (Å²) in [6.07, 6.45) is -0.693. The number of aryl methyl sites for hydroxylation is 1. The summed E-state index contributed by atoms with van der Waals surface area (Å²) < 4.78 is 10.7. The highest BCUT2D eigenvalue weighted by molar-refractivity contribution is 5.98. The Kier molecular flexibility index (Phi) is 4.45. The molecule has 1 aromatic rings. The van der Waals surface area contributed by atoms with E-state index >= 15 is 0 Å². The zero-order chi connectivity index (χ0) is 17.2. The molecule has 0 saturated carbocycles. The lowest BCUT2D eigenvalue weighted by Crippen LogP contribution is -2.48. The molecule has 0 aromatic heterocycles. The zero-order valence-corrected chi connectivity index (χ0v) is 13.5. The van der Waals surface area contributed by atoms with Crippen LogP contribution in [0.4, 0.5) is 10.5 Å².